The van der Waals surface area contributed by atoms with Crippen molar-refractivity contribution < 1.29 is 4.79 Å². The summed E-state index contributed by atoms with van der Waals surface area (Å²) in [6, 6.07) is 9.42. The fraction of sp³-hybridized carbons (Fsp3) is 0.467. The number of carbonyl (C=O) groups is 1. The largest absolute Gasteiger partial charge is 0.297 e. The Morgan fingerprint density at radius 3 is 2.50 bits per heavy atom. The molecule has 0 saturated carbocycles. The van der Waals surface area contributed by atoms with E-state index in [0.717, 1.165) is 24.4 Å². The highest BCUT2D eigenvalue weighted by Crippen LogP contribution is 2.10. The van der Waals surface area contributed by atoms with Gasteiger partial charge in [-0.25, -0.2) is 0 Å². The number of hydrazone groups is 1. The van der Waals surface area contributed by atoms with Gasteiger partial charge in [0.2, 0.25) is 0 Å². The number of nitrogens with zero attached hydrogens (tertiary/aromatic N) is 2. The molecule has 0 aliphatic carbocycles. The van der Waals surface area contributed by atoms with E-state index in [4.69, 9.17) is 0 Å². The molecule has 0 spiro atoms. The van der Waals surface area contributed by atoms with Crippen LogP contribution in [0, 0.1) is 0 Å². The molecule has 18 heavy (non-hydrogen) atoms. The number of hydrogen-bond donors (Lipinski definition) is 0. The van der Waals surface area contributed by atoms with Crippen LogP contribution in [0.5, 0.6) is 0 Å². The van der Waals surface area contributed by atoms with Gasteiger partial charge in [-0.1, -0.05) is 30.3 Å². The lowest BCUT2D eigenvalue weighted by Gasteiger charge is -2.24. The number of rotatable bonds is 4. The highest BCUT2D eigenvalue weighted by atomic mass is 16.1. The SMILES string of the molecule is C/C(CC(=O)c1ccccc1)=N\N1CCCCC1. The molecule has 2 rings (SSSR count). The maximum absolute atomic E-state index is 12.0. The first-order valence-electron chi connectivity index (χ1n) is 6.63. The Morgan fingerprint density at radius 2 is 1.83 bits per heavy atom. The van der Waals surface area contributed by atoms with Gasteiger partial charge in [-0.15, -0.1) is 0 Å². The average Bonchev–Trinajstić information content (AvgIpc) is 2.40. The van der Waals surface area contributed by atoms with E-state index < -0.39 is 0 Å². The van der Waals surface area contributed by atoms with Crippen LogP contribution in [0.4, 0.5) is 0 Å². The zero-order valence-corrected chi connectivity index (χ0v) is 10.9. The topological polar surface area (TPSA) is 32.7 Å². The number of piperidine rings is 1. The number of ketones is 1. The van der Waals surface area contributed by atoms with E-state index in [2.05, 4.69) is 10.1 Å². The second-order valence-corrected chi connectivity index (χ2v) is 4.82. The van der Waals surface area contributed by atoms with Crippen molar-refractivity contribution in [1.82, 2.24) is 5.01 Å². The summed E-state index contributed by atoms with van der Waals surface area (Å²) in [7, 11) is 0. The van der Waals surface area contributed by atoms with Gasteiger partial charge in [0.15, 0.2) is 5.78 Å². The molecule has 1 aliphatic heterocycles. The fourth-order valence-electron chi connectivity index (χ4n) is 2.21. The standard InChI is InChI=1S/C15H20N2O/c1-13(16-17-10-6-3-7-11-17)12-15(18)14-8-4-2-5-9-14/h2,4-5,8-9H,3,6-7,10-12H2,1H3/b16-13+. The molecule has 0 bridgehead atoms. The number of carbonyl (C=O) groups excluding carboxylic acids is 1. The molecule has 3 heteroatoms. The Bertz CT molecular complexity index is 419. The molecule has 1 aliphatic rings. The minimum Gasteiger partial charge on any atom is -0.297 e. The smallest absolute Gasteiger partial charge is 0.168 e. The maximum Gasteiger partial charge on any atom is 0.168 e. The molecule has 0 N–H and O–H groups in total. The number of benzene rings is 1. The van der Waals surface area contributed by atoms with E-state index in [0.29, 0.717) is 6.42 Å². The molecule has 0 radical (unpaired) electrons. The van der Waals surface area contributed by atoms with E-state index in [9.17, 15) is 4.79 Å². The zero-order valence-electron chi connectivity index (χ0n) is 10.9. The lowest BCUT2D eigenvalue weighted by Crippen LogP contribution is -2.26. The summed E-state index contributed by atoms with van der Waals surface area (Å²) in [5.74, 6) is 0.147. The molecule has 1 heterocycles. The molecule has 0 aromatic heterocycles. The van der Waals surface area contributed by atoms with E-state index >= 15 is 0 Å². The Hall–Kier alpha value is -1.64. The summed E-state index contributed by atoms with van der Waals surface area (Å²) in [5.41, 5.74) is 1.68. The molecule has 0 amide bonds. The lowest BCUT2D eigenvalue weighted by molar-refractivity contribution is 0.0999. The van der Waals surface area contributed by atoms with Gasteiger partial charge in [-0.3, -0.25) is 9.80 Å². The van der Waals surface area contributed by atoms with Gasteiger partial charge in [0, 0.05) is 24.4 Å². The Labute approximate surface area is 108 Å². The predicted octanol–water partition coefficient (Wildman–Crippen LogP) is 3.12. The van der Waals surface area contributed by atoms with Gasteiger partial charge < -0.3 is 0 Å². The normalized spacial score (nSPS) is 16.7. The third-order valence-electron chi connectivity index (χ3n) is 3.16. The molecule has 1 aromatic rings. The number of hydrogen-bond acceptors (Lipinski definition) is 3. The first-order valence-corrected chi connectivity index (χ1v) is 6.63. The maximum atomic E-state index is 12.0. The molecule has 3 nitrogen and oxygen atoms in total. The van der Waals surface area contributed by atoms with Gasteiger partial charge in [0.1, 0.15) is 0 Å². The minimum absolute atomic E-state index is 0.147. The van der Waals surface area contributed by atoms with Crippen LogP contribution in [0.25, 0.3) is 0 Å². The molecular weight excluding hydrogens is 224 g/mol. The van der Waals surface area contributed by atoms with Gasteiger partial charge in [-0.2, -0.15) is 5.10 Å². The van der Waals surface area contributed by atoms with Crippen LogP contribution in [0.1, 0.15) is 43.0 Å². The summed E-state index contributed by atoms with van der Waals surface area (Å²) in [4.78, 5) is 12.0. The monoisotopic (exact) mass is 244 g/mol. The van der Waals surface area contributed by atoms with Crippen molar-refractivity contribution in [1.29, 1.82) is 0 Å². The van der Waals surface area contributed by atoms with Crippen LogP contribution < -0.4 is 0 Å². The highest BCUT2D eigenvalue weighted by molar-refractivity contribution is 6.08. The molecule has 1 saturated heterocycles. The van der Waals surface area contributed by atoms with Crippen molar-refractivity contribution in [3.05, 3.63) is 35.9 Å². The summed E-state index contributed by atoms with van der Waals surface area (Å²) in [5, 5.41) is 6.62. The van der Waals surface area contributed by atoms with E-state index in [1.165, 1.54) is 19.3 Å². The highest BCUT2D eigenvalue weighted by Gasteiger charge is 2.10. The molecule has 0 unspecified atom stereocenters. The van der Waals surface area contributed by atoms with Gasteiger partial charge >= 0.3 is 0 Å². The molecular formula is C15H20N2O. The molecule has 1 fully saturated rings. The quantitative estimate of drug-likeness (QED) is 0.602. The second-order valence-electron chi connectivity index (χ2n) is 4.82. The van der Waals surface area contributed by atoms with E-state index in [-0.39, 0.29) is 5.78 Å². The van der Waals surface area contributed by atoms with Gasteiger partial charge in [0.25, 0.3) is 0 Å². The molecule has 96 valence electrons. The third-order valence-corrected chi connectivity index (χ3v) is 3.16. The first-order chi connectivity index (χ1) is 8.75. The first kappa shape index (κ1) is 12.8. The van der Waals surface area contributed by atoms with Crippen LogP contribution >= 0.6 is 0 Å². The van der Waals surface area contributed by atoms with Crippen LogP contribution in [0.2, 0.25) is 0 Å². The second kappa shape index (κ2) is 6.34. The van der Waals surface area contributed by atoms with Crippen molar-refractivity contribution in [2.24, 2.45) is 5.10 Å². The van der Waals surface area contributed by atoms with E-state index in [1.807, 2.05) is 37.3 Å². The Morgan fingerprint density at radius 1 is 1.17 bits per heavy atom. The summed E-state index contributed by atoms with van der Waals surface area (Å²) < 4.78 is 0. The Kier molecular flexibility index (Phi) is 4.51. The lowest BCUT2D eigenvalue weighted by atomic mass is 10.1. The molecule has 1 aromatic carbocycles. The zero-order chi connectivity index (χ0) is 12.8. The summed E-state index contributed by atoms with van der Waals surface area (Å²) >= 11 is 0. The summed E-state index contributed by atoms with van der Waals surface area (Å²) in [6.45, 7) is 3.99. The van der Waals surface area contributed by atoms with Gasteiger partial charge in [0.05, 0.1) is 6.42 Å². The molecule has 0 atom stereocenters. The minimum atomic E-state index is 0.147. The van der Waals surface area contributed by atoms with Gasteiger partial charge in [-0.05, 0) is 26.2 Å². The van der Waals surface area contributed by atoms with Crippen molar-refractivity contribution in [3.8, 4) is 0 Å². The Balaban J connectivity index is 1.92. The van der Waals surface area contributed by atoms with Crippen molar-refractivity contribution in [3.63, 3.8) is 0 Å². The van der Waals surface area contributed by atoms with E-state index in [1.54, 1.807) is 0 Å². The van der Waals surface area contributed by atoms with Crippen LogP contribution in [0.15, 0.2) is 35.4 Å². The average molecular weight is 244 g/mol. The fourth-order valence-corrected chi connectivity index (χ4v) is 2.21. The number of Topliss-reactive ketones (excluding diaryl/α,β-unsaturated/α-hetero) is 1. The third kappa shape index (κ3) is 3.69. The predicted molar refractivity (Wildman–Crippen MR) is 73.9 cm³/mol. The van der Waals surface area contributed by atoms with Crippen molar-refractivity contribution >= 4 is 11.5 Å². The van der Waals surface area contributed by atoms with Crippen LogP contribution in [-0.2, 0) is 0 Å². The van der Waals surface area contributed by atoms with Crippen LogP contribution in [-0.4, -0.2) is 29.6 Å². The van der Waals surface area contributed by atoms with Crippen LogP contribution in [0.3, 0.4) is 0 Å². The van der Waals surface area contributed by atoms with Crippen molar-refractivity contribution in [2.75, 3.05) is 13.1 Å². The summed E-state index contributed by atoms with van der Waals surface area (Å²) in [6.07, 6.45) is 4.14. The van der Waals surface area contributed by atoms with Crippen molar-refractivity contribution in [2.45, 2.75) is 32.6 Å².